The summed E-state index contributed by atoms with van der Waals surface area (Å²) >= 11 is 0. The maximum atomic E-state index is 11.8. The molecule has 0 aromatic rings. The van der Waals surface area contributed by atoms with Crippen molar-refractivity contribution in [1.82, 2.24) is 0 Å². The van der Waals surface area contributed by atoms with E-state index in [-0.39, 0.29) is 16.6 Å². The molecular formula is C20H23NO2. The first-order valence-electron chi connectivity index (χ1n) is 8.60. The van der Waals surface area contributed by atoms with Gasteiger partial charge in [0.05, 0.1) is 6.07 Å². The van der Waals surface area contributed by atoms with Crippen molar-refractivity contribution in [3.63, 3.8) is 0 Å². The third-order valence-corrected chi connectivity index (χ3v) is 7.25. The summed E-state index contributed by atoms with van der Waals surface area (Å²) in [6.07, 6.45) is 12.0. The van der Waals surface area contributed by atoms with Gasteiger partial charge in [-0.2, -0.15) is 5.26 Å². The van der Waals surface area contributed by atoms with Gasteiger partial charge in [0.25, 0.3) is 0 Å². The molecule has 1 fully saturated rings. The second kappa shape index (κ2) is 4.45. The lowest BCUT2D eigenvalue weighted by Gasteiger charge is -2.51. The molecule has 0 unspecified atom stereocenters. The van der Waals surface area contributed by atoms with Crippen molar-refractivity contribution in [2.24, 2.45) is 22.7 Å². The molecule has 0 heterocycles. The molecule has 0 radical (unpaired) electrons. The van der Waals surface area contributed by atoms with E-state index in [1.54, 1.807) is 6.08 Å². The van der Waals surface area contributed by atoms with Gasteiger partial charge in [-0.05, 0) is 50.5 Å². The van der Waals surface area contributed by atoms with E-state index in [4.69, 9.17) is 0 Å². The van der Waals surface area contributed by atoms with E-state index in [1.165, 1.54) is 11.1 Å². The maximum absolute atomic E-state index is 11.8. The number of hydrogen-bond acceptors (Lipinski definition) is 3. The smallest absolute Gasteiger partial charge is 0.159 e. The molecular weight excluding hydrogens is 286 g/mol. The van der Waals surface area contributed by atoms with Crippen LogP contribution in [-0.2, 0) is 4.79 Å². The van der Waals surface area contributed by atoms with Crippen molar-refractivity contribution < 1.29 is 9.90 Å². The summed E-state index contributed by atoms with van der Waals surface area (Å²) in [5.41, 5.74) is 0.924. The Balaban J connectivity index is 1.80. The third kappa shape index (κ3) is 1.71. The van der Waals surface area contributed by atoms with Crippen LogP contribution in [0.3, 0.4) is 0 Å². The number of allylic oxidation sites excluding steroid dienone is 6. The van der Waals surface area contributed by atoms with Crippen LogP contribution in [0.25, 0.3) is 0 Å². The van der Waals surface area contributed by atoms with E-state index >= 15 is 0 Å². The van der Waals surface area contributed by atoms with Gasteiger partial charge in [0, 0.05) is 17.3 Å². The Morgan fingerprint density at radius 3 is 2.87 bits per heavy atom. The fourth-order valence-electron chi connectivity index (χ4n) is 5.63. The predicted molar refractivity (Wildman–Crippen MR) is 87.2 cm³/mol. The highest BCUT2D eigenvalue weighted by Crippen LogP contribution is 2.64. The molecule has 0 spiro atoms. The summed E-state index contributed by atoms with van der Waals surface area (Å²) in [7, 11) is 0. The summed E-state index contributed by atoms with van der Waals surface area (Å²) in [5.74, 6) is 0.906. The minimum absolute atomic E-state index is 0.147. The molecule has 0 bridgehead atoms. The second-order valence-electron chi connectivity index (χ2n) is 8.15. The van der Waals surface area contributed by atoms with Gasteiger partial charge in [0.1, 0.15) is 0 Å². The molecule has 0 saturated heterocycles. The van der Waals surface area contributed by atoms with Gasteiger partial charge in [-0.25, -0.2) is 0 Å². The minimum Gasteiger partial charge on any atom is -0.375 e. The van der Waals surface area contributed by atoms with Gasteiger partial charge >= 0.3 is 0 Å². The van der Waals surface area contributed by atoms with Gasteiger partial charge in [0.2, 0.25) is 0 Å². The number of carbonyl (C=O) groups is 1. The van der Waals surface area contributed by atoms with E-state index in [9.17, 15) is 15.2 Å². The molecule has 3 nitrogen and oxygen atoms in total. The Morgan fingerprint density at radius 1 is 1.35 bits per heavy atom. The number of rotatable bonds is 0. The lowest BCUT2D eigenvalue weighted by molar-refractivity contribution is -0.114. The van der Waals surface area contributed by atoms with Crippen LogP contribution in [0.4, 0.5) is 0 Å². The summed E-state index contributed by atoms with van der Waals surface area (Å²) in [6.45, 7) is 4.30. The van der Waals surface area contributed by atoms with Crippen LogP contribution in [-0.4, -0.2) is 16.5 Å². The van der Waals surface area contributed by atoms with Crippen LogP contribution in [0.2, 0.25) is 0 Å². The number of aliphatic hydroxyl groups is 1. The molecule has 4 aliphatic carbocycles. The van der Waals surface area contributed by atoms with Gasteiger partial charge in [0.15, 0.2) is 11.4 Å². The molecule has 0 amide bonds. The van der Waals surface area contributed by atoms with Crippen molar-refractivity contribution in [2.75, 3.05) is 0 Å². The molecule has 4 rings (SSSR count). The Labute approximate surface area is 137 Å². The highest BCUT2D eigenvalue weighted by Gasteiger charge is 2.61. The van der Waals surface area contributed by atoms with Crippen molar-refractivity contribution in [2.45, 2.75) is 51.6 Å². The SMILES string of the molecule is C[C@]12C=CC(=O)CC1=CC[C@@H]1C2=CC[C@@]2(C)[C@H]1CC[C@]2(O)C#N. The van der Waals surface area contributed by atoms with Crippen molar-refractivity contribution in [3.05, 3.63) is 35.5 Å². The molecule has 23 heavy (non-hydrogen) atoms. The fourth-order valence-corrected chi connectivity index (χ4v) is 5.63. The Kier molecular flexibility index (Phi) is 2.88. The molecule has 0 aromatic heterocycles. The molecule has 3 heteroatoms. The van der Waals surface area contributed by atoms with Crippen LogP contribution in [0.15, 0.2) is 35.5 Å². The highest BCUT2D eigenvalue weighted by molar-refractivity contribution is 5.93. The Bertz CT molecular complexity index is 724. The summed E-state index contributed by atoms with van der Waals surface area (Å²) in [6, 6.07) is 2.20. The lowest BCUT2D eigenvalue weighted by Crippen LogP contribution is -2.49. The topological polar surface area (TPSA) is 61.1 Å². The number of nitrogens with zero attached hydrogens (tertiary/aromatic N) is 1. The van der Waals surface area contributed by atoms with Crippen LogP contribution in [0.1, 0.15) is 46.0 Å². The lowest BCUT2D eigenvalue weighted by atomic mass is 9.52. The molecule has 1 saturated carbocycles. The van der Waals surface area contributed by atoms with Gasteiger partial charge in [-0.3, -0.25) is 4.79 Å². The predicted octanol–water partition coefficient (Wildman–Crippen LogP) is 3.47. The van der Waals surface area contributed by atoms with Crippen LogP contribution in [0.5, 0.6) is 0 Å². The van der Waals surface area contributed by atoms with Crippen LogP contribution in [0, 0.1) is 34.0 Å². The molecule has 4 aliphatic rings. The zero-order valence-electron chi connectivity index (χ0n) is 13.8. The first-order chi connectivity index (χ1) is 10.8. The Morgan fingerprint density at radius 2 is 2.13 bits per heavy atom. The molecule has 120 valence electrons. The zero-order valence-corrected chi connectivity index (χ0v) is 13.8. The maximum Gasteiger partial charge on any atom is 0.159 e. The van der Waals surface area contributed by atoms with Crippen LogP contribution < -0.4 is 0 Å². The van der Waals surface area contributed by atoms with Crippen molar-refractivity contribution in [1.29, 1.82) is 5.26 Å². The monoisotopic (exact) mass is 309 g/mol. The van der Waals surface area contributed by atoms with Crippen LogP contribution >= 0.6 is 0 Å². The second-order valence-corrected chi connectivity index (χ2v) is 8.15. The Hall–Kier alpha value is -1.66. The molecule has 5 atom stereocenters. The number of nitriles is 1. The quantitative estimate of drug-likeness (QED) is 0.550. The standard InChI is InChI=1S/C20H23NO2/c1-18-8-5-14(22)11-13(18)3-4-15-16(18)6-9-19(2)17(15)7-10-20(19,23)12-21/h3,5-6,8,15,17,23H,4,7,9-11H2,1-2H3/t15-,17+,18+,19+,20+/m1/s1. The summed E-state index contributed by atoms with van der Waals surface area (Å²) in [4.78, 5) is 11.8. The molecule has 0 aromatic carbocycles. The highest BCUT2D eigenvalue weighted by atomic mass is 16.3. The van der Waals surface area contributed by atoms with E-state index in [0.717, 1.165) is 19.3 Å². The zero-order chi connectivity index (χ0) is 16.5. The minimum atomic E-state index is -1.21. The average Bonchev–Trinajstić information content (AvgIpc) is 2.80. The number of carbonyl (C=O) groups excluding carboxylic acids is 1. The number of fused-ring (bicyclic) bond motifs is 5. The van der Waals surface area contributed by atoms with E-state index < -0.39 is 5.60 Å². The largest absolute Gasteiger partial charge is 0.375 e. The van der Waals surface area contributed by atoms with Gasteiger partial charge in [-0.1, -0.05) is 36.3 Å². The number of ketones is 1. The third-order valence-electron chi connectivity index (χ3n) is 7.25. The first-order valence-corrected chi connectivity index (χ1v) is 8.60. The first kappa shape index (κ1) is 14.9. The normalized spacial score (nSPS) is 47.8. The van der Waals surface area contributed by atoms with Crippen molar-refractivity contribution >= 4 is 5.78 Å². The fraction of sp³-hybridized carbons (Fsp3) is 0.600. The van der Waals surface area contributed by atoms with Crippen molar-refractivity contribution in [3.8, 4) is 6.07 Å². The van der Waals surface area contributed by atoms with E-state index in [1.807, 2.05) is 0 Å². The van der Waals surface area contributed by atoms with E-state index in [0.29, 0.717) is 24.7 Å². The molecule has 1 N–H and O–H groups in total. The summed E-state index contributed by atoms with van der Waals surface area (Å²) < 4.78 is 0. The van der Waals surface area contributed by atoms with Gasteiger partial charge < -0.3 is 5.11 Å². The molecule has 0 aliphatic heterocycles. The number of hydrogen-bond donors (Lipinski definition) is 1. The average molecular weight is 309 g/mol. The summed E-state index contributed by atoms with van der Waals surface area (Å²) in [5, 5.41) is 20.3. The van der Waals surface area contributed by atoms with Gasteiger partial charge in [-0.15, -0.1) is 0 Å². The van der Waals surface area contributed by atoms with E-state index in [2.05, 4.69) is 38.1 Å².